The van der Waals surface area contributed by atoms with Crippen molar-refractivity contribution in [2.45, 2.75) is 32.6 Å². The van der Waals surface area contributed by atoms with Crippen molar-refractivity contribution in [1.29, 1.82) is 0 Å². The Balaban J connectivity index is -0.000000397. The molecule has 0 spiro atoms. The summed E-state index contributed by atoms with van der Waals surface area (Å²) in [6, 6.07) is 0. The highest BCUT2D eigenvalue weighted by Crippen LogP contribution is 2.35. The third-order valence-corrected chi connectivity index (χ3v) is 4.16. The number of aliphatic hydroxyl groups excluding tert-OH is 6. The van der Waals surface area contributed by atoms with E-state index in [1.807, 2.05) is 0 Å². The summed E-state index contributed by atoms with van der Waals surface area (Å²) < 4.78 is 14.2. The molecule has 0 saturated heterocycles. The lowest BCUT2D eigenvalue weighted by Gasteiger charge is -2.17. The highest BCUT2D eigenvalue weighted by atomic mass is 31.2. The molecule has 0 aliphatic heterocycles. The van der Waals surface area contributed by atoms with Crippen LogP contribution in [0.3, 0.4) is 0 Å². The summed E-state index contributed by atoms with van der Waals surface area (Å²) in [5.74, 6) is 0. The minimum atomic E-state index is -4.31. The molecule has 0 amide bonds. The van der Waals surface area contributed by atoms with Crippen molar-refractivity contribution in [1.82, 2.24) is 9.80 Å². The molecule has 12 nitrogen and oxygen atoms in total. The third-order valence-electron chi connectivity index (χ3n) is 3.77. The molecule has 8 N–H and O–H groups in total. The maximum Gasteiger partial charge on any atom is 0.524 e. The average Bonchev–Trinajstić information content (AvgIpc) is 2.72. The lowest BCUT2D eigenvalue weighted by Crippen LogP contribution is -2.32. The van der Waals surface area contributed by atoms with Crippen LogP contribution in [0, 0.1) is 0 Å². The van der Waals surface area contributed by atoms with Gasteiger partial charge in [0.25, 0.3) is 0 Å². The van der Waals surface area contributed by atoms with Gasteiger partial charge in [-0.2, -0.15) is 0 Å². The molecule has 0 aromatic carbocycles. The Labute approximate surface area is 191 Å². The van der Waals surface area contributed by atoms with E-state index in [-0.39, 0.29) is 39.6 Å². The number of hydrogen-bond acceptors (Lipinski definition) is 10. The lowest BCUT2D eigenvalue weighted by molar-refractivity contribution is 0.136. The molecule has 0 heterocycles. The Morgan fingerprint density at radius 1 is 0.688 bits per heavy atom. The Morgan fingerprint density at radius 3 is 1.28 bits per heavy atom. The first-order valence-electron chi connectivity index (χ1n) is 10.7. The molecule has 0 aromatic rings. The number of unbranched alkanes of at least 4 members (excludes halogenated alkanes) is 3. The predicted molar refractivity (Wildman–Crippen MR) is 122 cm³/mol. The first-order valence-corrected chi connectivity index (χ1v) is 12.3. The summed E-state index contributed by atoms with van der Waals surface area (Å²) in [4.78, 5) is 20.1. The van der Waals surface area contributed by atoms with Crippen molar-refractivity contribution in [3.63, 3.8) is 0 Å². The number of hydrogen-bond donors (Lipinski definition) is 8. The predicted octanol–water partition coefficient (Wildman–Crippen LogP) is -1.28. The van der Waals surface area contributed by atoms with E-state index < -0.39 is 7.82 Å². The van der Waals surface area contributed by atoms with Crippen LogP contribution < -0.4 is 0 Å². The fourth-order valence-corrected chi connectivity index (χ4v) is 2.47. The summed E-state index contributed by atoms with van der Waals surface area (Å²) in [6.07, 6.45) is 6.77. The third kappa shape index (κ3) is 34.0. The molecule has 0 aromatic heterocycles. The summed E-state index contributed by atoms with van der Waals surface area (Å²) in [6.45, 7) is 5.60. The second-order valence-corrected chi connectivity index (χ2v) is 7.68. The van der Waals surface area contributed by atoms with Crippen LogP contribution in [0.2, 0.25) is 0 Å². The van der Waals surface area contributed by atoms with Crippen LogP contribution >= 0.6 is 7.82 Å². The van der Waals surface area contributed by atoms with E-state index in [1.165, 1.54) is 0 Å². The van der Waals surface area contributed by atoms with Crippen molar-refractivity contribution in [3.05, 3.63) is 12.3 Å². The molecule has 0 rings (SSSR count). The summed E-state index contributed by atoms with van der Waals surface area (Å²) in [7, 11) is -4.31. The molecule has 0 radical (unpaired) electrons. The highest BCUT2D eigenvalue weighted by molar-refractivity contribution is 7.46. The van der Waals surface area contributed by atoms with Gasteiger partial charge in [0.05, 0.1) is 45.9 Å². The number of aliphatic hydroxyl groups is 6. The first kappa shape index (κ1) is 35.9. The van der Waals surface area contributed by atoms with E-state index in [9.17, 15) is 4.57 Å². The average molecular weight is 493 g/mol. The Hall–Kier alpha value is -0.630. The molecule has 13 heteroatoms. The fraction of sp³-hybridized carbons (Fsp3) is 0.895. The second kappa shape index (κ2) is 28.4. The maximum absolute atomic E-state index is 10.1. The number of allylic oxidation sites excluding steroid dienone is 1. The van der Waals surface area contributed by atoms with Gasteiger partial charge in [-0.3, -0.25) is 19.6 Å². The molecule has 196 valence electrons. The van der Waals surface area contributed by atoms with Crippen LogP contribution in [0.1, 0.15) is 32.6 Å². The topological polar surface area (TPSA) is 195 Å². The van der Waals surface area contributed by atoms with Gasteiger partial charge in [-0.15, -0.1) is 0 Å². The minimum absolute atomic E-state index is 0.0694. The molecule has 0 unspecified atom stereocenters. The van der Waals surface area contributed by atoms with Crippen LogP contribution in [0.15, 0.2) is 12.3 Å². The van der Waals surface area contributed by atoms with Gasteiger partial charge < -0.3 is 35.2 Å². The quantitative estimate of drug-likeness (QED) is 0.0642. The van der Waals surface area contributed by atoms with Gasteiger partial charge in [0.15, 0.2) is 0 Å². The molecular formula is C19H45N2O10P. The van der Waals surface area contributed by atoms with E-state index in [1.54, 1.807) is 15.9 Å². The van der Waals surface area contributed by atoms with Crippen molar-refractivity contribution >= 4 is 7.82 Å². The van der Waals surface area contributed by atoms with E-state index in [0.29, 0.717) is 39.3 Å². The van der Waals surface area contributed by atoms with Gasteiger partial charge in [-0.1, -0.05) is 19.8 Å². The van der Waals surface area contributed by atoms with Crippen LogP contribution in [-0.2, 0) is 9.09 Å². The van der Waals surface area contributed by atoms with Gasteiger partial charge in [-0.25, -0.2) is 4.57 Å². The second-order valence-electron chi connectivity index (χ2n) is 6.49. The number of rotatable bonds is 18. The van der Waals surface area contributed by atoms with Gasteiger partial charge >= 0.3 is 7.82 Å². The van der Waals surface area contributed by atoms with Crippen molar-refractivity contribution < 1.29 is 49.5 Å². The SMILES string of the molecule is CCCCCC=COP(=O)(O)O.OCCN(CCO)CCO.OCCN(CCO)CCO. The van der Waals surface area contributed by atoms with E-state index >= 15 is 0 Å². The monoisotopic (exact) mass is 492 g/mol. The van der Waals surface area contributed by atoms with Crippen molar-refractivity contribution in [2.75, 3.05) is 78.9 Å². The zero-order valence-corrected chi connectivity index (χ0v) is 20.1. The molecule has 0 fully saturated rings. The molecule has 0 bridgehead atoms. The van der Waals surface area contributed by atoms with E-state index in [0.717, 1.165) is 31.9 Å². The maximum atomic E-state index is 10.1. The molecule has 32 heavy (non-hydrogen) atoms. The van der Waals surface area contributed by atoms with Crippen molar-refractivity contribution in [3.8, 4) is 0 Å². The molecule has 0 aliphatic rings. The zero-order valence-electron chi connectivity index (χ0n) is 19.2. The smallest absolute Gasteiger partial charge is 0.413 e. The summed E-state index contributed by atoms with van der Waals surface area (Å²) in [5.41, 5.74) is 0. The van der Waals surface area contributed by atoms with Crippen LogP contribution in [0.25, 0.3) is 0 Å². The fourth-order valence-electron chi connectivity index (χ4n) is 2.22. The standard InChI is InChI=1S/C7H15O4P.2C6H15NO3/c1-2-3-4-5-6-7-11-12(8,9)10;2*8-4-1-7(2-5-9)3-6-10/h6-7H,2-5H2,1H3,(H2,8,9,10);2*8-10H,1-6H2. The van der Waals surface area contributed by atoms with Gasteiger partial charge in [0.2, 0.25) is 0 Å². The van der Waals surface area contributed by atoms with Crippen LogP contribution in [-0.4, -0.2) is 129 Å². The Morgan fingerprint density at radius 2 is 1.03 bits per heavy atom. The molecular weight excluding hydrogens is 447 g/mol. The highest BCUT2D eigenvalue weighted by Gasteiger charge is 2.10. The van der Waals surface area contributed by atoms with Gasteiger partial charge in [0.1, 0.15) is 0 Å². The lowest BCUT2D eigenvalue weighted by atomic mass is 10.2. The van der Waals surface area contributed by atoms with Crippen LogP contribution in [0.5, 0.6) is 0 Å². The number of phosphoric ester groups is 1. The van der Waals surface area contributed by atoms with Crippen molar-refractivity contribution in [2.24, 2.45) is 0 Å². The molecule has 0 saturated carbocycles. The first-order chi connectivity index (χ1) is 15.3. The minimum Gasteiger partial charge on any atom is -0.413 e. The largest absolute Gasteiger partial charge is 0.524 e. The van der Waals surface area contributed by atoms with Crippen LogP contribution in [0.4, 0.5) is 0 Å². The summed E-state index contributed by atoms with van der Waals surface area (Å²) >= 11 is 0. The Kier molecular flexibility index (Phi) is 31.9. The number of nitrogens with zero attached hydrogens (tertiary/aromatic N) is 2. The summed E-state index contributed by atoms with van der Waals surface area (Å²) in [5, 5.41) is 50.9. The van der Waals surface area contributed by atoms with Gasteiger partial charge in [-0.05, 0) is 18.9 Å². The molecule has 0 atom stereocenters. The van der Waals surface area contributed by atoms with E-state index in [2.05, 4.69) is 11.4 Å². The Bertz CT molecular complexity index is 380. The van der Waals surface area contributed by atoms with Gasteiger partial charge in [0, 0.05) is 39.3 Å². The van der Waals surface area contributed by atoms with E-state index in [4.69, 9.17) is 40.4 Å². The molecule has 0 aliphatic carbocycles. The number of phosphoric acid groups is 1. The zero-order chi connectivity index (χ0) is 25.1. The normalized spacial score (nSPS) is 11.3.